The Labute approximate surface area is 169 Å². The number of carbonyl (C=O) groups is 1. The summed E-state index contributed by atoms with van der Waals surface area (Å²) < 4.78 is 18.9. The van der Waals surface area contributed by atoms with Gasteiger partial charge in [0.25, 0.3) is 5.91 Å². The summed E-state index contributed by atoms with van der Waals surface area (Å²) in [7, 11) is 0. The number of carbonyl (C=O) groups excluding carboxylic acids is 1. The van der Waals surface area contributed by atoms with Crippen molar-refractivity contribution >= 4 is 17.9 Å². The van der Waals surface area contributed by atoms with E-state index in [1.165, 1.54) is 35.2 Å². The molecule has 0 saturated carbocycles. The van der Waals surface area contributed by atoms with Crippen LogP contribution in [0.1, 0.15) is 21.6 Å². The summed E-state index contributed by atoms with van der Waals surface area (Å²) in [6.45, 7) is 1.94. The number of hydrogen-bond donors (Lipinski definition) is 2. The minimum Gasteiger partial charge on any atom is -0.378 e. The molecule has 0 unspecified atom stereocenters. The fraction of sp³-hybridized carbons (Fsp3) is 0.0526. The number of nitrogens with two attached hydrogens (primary N) is 1. The lowest BCUT2D eigenvalue weighted by molar-refractivity contribution is 0.0950. The van der Waals surface area contributed by atoms with Gasteiger partial charge in [0.05, 0.1) is 6.21 Å². The Kier molecular flexibility index (Phi) is 4.99. The third-order valence-corrected chi connectivity index (χ3v) is 4.16. The van der Waals surface area contributed by atoms with Gasteiger partial charge in [0.2, 0.25) is 11.6 Å². The molecule has 0 radical (unpaired) electrons. The number of benzene rings is 2. The lowest BCUT2D eigenvalue weighted by Gasteiger charge is -2.06. The molecular formula is C19H15FN8O2. The van der Waals surface area contributed by atoms with Crippen LogP contribution in [-0.4, -0.2) is 37.4 Å². The fourth-order valence-electron chi connectivity index (χ4n) is 2.66. The molecule has 30 heavy (non-hydrogen) atoms. The predicted octanol–water partition coefficient (Wildman–Crippen LogP) is 2.11. The lowest BCUT2D eigenvalue weighted by Crippen LogP contribution is -2.19. The van der Waals surface area contributed by atoms with Crippen LogP contribution in [0, 0.1) is 12.7 Å². The van der Waals surface area contributed by atoms with Gasteiger partial charge in [-0.25, -0.2) is 14.4 Å². The Morgan fingerprint density at radius 3 is 2.57 bits per heavy atom. The maximum absolute atomic E-state index is 13.0. The average Bonchev–Trinajstić information content (AvgIpc) is 3.36. The number of hydrazone groups is 1. The quantitative estimate of drug-likeness (QED) is 0.382. The Morgan fingerprint density at radius 2 is 1.90 bits per heavy atom. The van der Waals surface area contributed by atoms with E-state index in [4.69, 9.17) is 5.73 Å². The Bertz CT molecular complexity index is 1210. The number of amides is 1. The van der Waals surface area contributed by atoms with E-state index in [1.807, 2.05) is 31.2 Å². The van der Waals surface area contributed by atoms with Gasteiger partial charge in [-0.15, -0.1) is 5.10 Å². The molecule has 2 aromatic heterocycles. The molecular weight excluding hydrogens is 391 g/mol. The van der Waals surface area contributed by atoms with Crippen molar-refractivity contribution in [3.8, 4) is 17.1 Å². The Morgan fingerprint density at radius 1 is 1.17 bits per heavy atom. The largest absolute Gasteiger partial charge is 0.378 e. The highest BCUT2D eigenvalue weighted by molar-refractivity contribution is 5.98. The van der Waals surface area contributed by atoms with Gasteiger partial charge in [-0.1, -0.05) is 47.2 Å². The number of anilines is 1. The van der Waals surface area contributed by atoms with Crippen LogP contribution in [0.3, 0.4) is 0 Å². The number of hydrogen-bond acceptors (Lipinski definition) is 8. The summed E-state index contributed by atoms with van der Waals surface area (Å²) in [6, 6.07) is 13.0. The van der Waals surface area contributed by atoms with Crippen molar-refractivity contribution in [2.75, 3.05) is 5.73 Å². The van der Waals surface area contributed by atoms with Gasteiger partial charge in [-0.05, 0) is 34.9 Å². The molecule has 0 spiro atoms. The summed E-state index contributed by atoms with van der Waals surface area (Å²) in [5, 5.41) is 19.1. The Hall–Kier alpha value is -4.41. The maximum Gasteiger partial charge on any atom is 0.294 e. The number of nitrogens with one attached hydrogen (secondary N) is 1. The minimum absolute atomic E-state index is 0.00231. The van der Waals surface area contributed by atoms with Crippen molar-refractivity contribution in [2.24, 2.45) is 5.10 Å². The summed E-state index contributed by atoms with van der Waals surface area (Å²) in [6.07, 6.45) is 1.38. The van der Waals surface area contributed by atoms with E-state index in [-0.39, 0.29) is 23.1 Å². The van der Waals surface area contributed by atoms with Gasteiger partial charge in [0, 0.05) is 5.56 Å². The average molecular weight is 406 g/mol. The van der Waals surface area contributed by atoms with Gasteiger partial charge in [-0.3, -0.25) is 4.79 Å². The molecule has 11 heteroatoms. The van der Waals surface area contributed by atoms with Gasteiger partial charge in [-0.2, -0.15) is 9.78 Å². The first-order valence-electron chi connectivity index (χ1n) is 8.73. The van der Waals surface area contributed by atoms with Crippen molar-refractivity contribution in [1.82, 2.24) is 30.7 Å². The van der Waals surface area contributed by atoms with Crippen LogP contribution in [-0.2, 0) is 0 Å². The highest BCUT2D eigenvalue weighted by Gasteiger charge is 2.25. The highest BCUT2D eigenvalue weighted by atomic mass is 19.1. The fourth-order valence-corrected chi connectivity index (χ4v) is 2.66. The number of nitrogens with zero attached hydrogens (tertiary/aromatic N) is 6. The van der Waals surface area contributed by atoms with Crippen molar-refractivity contribution in [2.45, 2.75) is 6.92 Å². The summed E-state index contributed by atoms with van der Waals surface area (Å²) in [5.41, 5.74) is 10.8. The second-order valence-corrected chi connectivity index (χ2v) is 6.29. The zero-order chi connectivity index (χ0) is 21.1. The molecule has 150 valence electrons. The molecule has 0 atom stereocenters. The predicted molar refractivity (Wildman–Crippen MR) is 105 cm³/mol. The van der Waals surface area contributed by atoms with E-state index in [0.717, 1.165) is 5.56 Å². The molecule has 0 fully saturated rings. The van der Waals surface area contributed by atoms with Crippen molar-refractivity contribution in [3.05, 3.63) is 71.2 Å². The van der Waals surface area contributed by atoms with Crippen molar-refractivity contribution in [3.63, 3.8) is 0 Å². The van der Waals surface area contributed by atoms with Crippen LogP contribution in [0.2, 0.25) is 0 Å². The van der Waals surface area contributed by atoms with E-state index in [0.29, 0.717) is 16.8 Å². The molecule has 3 N–H and O–H groups in total. The van der Waals surface area contributed by atoms with Crippen molar-refractivity contribution in [1.29, 1.82) is 0 Å². The molecule has 4 rings (SSSR count). The first-order chi connectivity index (χ1) is 14.5. The molecule has 10 nitrogen and oxygen atoms in total. The van der Waals surface area contributed by atoms with Crippen LogP contribution < -0.4 is 11.2 Å². The van der Waals surface area contributed by atoms with Crippen LogP contribution in [0.15, 0.2) is 58.3 Å². The first kappa shape index (κ1) is 18.9. The lowest BCUT2D eigenvalue weighted by atomic mass is 10.1. The van der Waals surface area contributed by atoms with Gasteiger partial charge in [0.1, 0.15) is 11.5 Å². The molecule has 2 heterocycles. The van der Waals surface area contributed by atoms with Crippen LogP contribution in [0.25, 0.3) is 17.1 Å². The van der Waals surface area contributed by atoms with E-state index in [1.54, 1.807) is 0 Å². The van der Waals surface area contributed by atoms with Crippen LogP contribution >= 0.6 is 0 Å². The van der Waals surface area contributed by atoms with E-state index in [2.05, 4.69) is 35.8 Å². The molecule has 0 aliphatic heterocycles. The monoisotopic (exact) mass is 406 g/mol. The van der Waals surface area contributed by atoms with Gasteiger partial charge < -0.3 is 5.73 Å². The third-order valence-electron chi connectivity index (χ3n) is 4.16. The second-order valence-electron chi connectivity index (χ2n) is 6.29. The van der Waals surface area contributed by atoms with Gasteiger partial charge >= 0.3 is 0 Å². The zero-order valence-corrected chi connectivity index (χ0v) is 15.7. The molecule has 1 amide bonds. The van der Waals surface area contributed by atoms with E-state index in [9.17, 15) is 9.18 Å². The Balaban J connectivity index is 1.68. The summed E-state index contributed by atoms with van der Waals surface area (Å²) in [5.74, 6) is -0.871. The SMILES string of the molecule is Cc1ccc(-c2c(C(=O)N/N=C/c3ccc(F)cc3)nnn2-c2nonc2N)cc1. The van der Waals surface area contributed by atoms with Gasteiger partial charge in [0.15, 0.2) is 5.69 Å². The standard InChI is InChI=1S/C19H15FN8O2/c1-11-2-6-13(7-3-11)16-15(23-27-28(16)18-17(21)25-30-26-18)19(29)24-22-10-12-4-8-14(20)9-5-12/h2-10H,1H3,(H2,21,25)(H,24,29)/b22-10+. The normalized spacial score (nSPS) is 11.1. The number of aromatic nitrogens is 5. The molecule has 2 aromatic carbocycles. The number of aryl methyl sites for hydroxylation is 1. The molecule has 4 aromatic rings. The van der Waals surface area contributed by atoms with Crippen LogP contribution in [0.5, 0.6) is 0 Å². The van der Waals surface area contributed by atoms with Crippen molar-refractivity contribution < 1.29 is 13.8 Å². The smallest absolute Gasteiger partial charge is 0.294 e. The highest BCUT2D eigenvalue weighted by Crippen LogP contribution is 2.26. The summed E-state index contributed by atoms with van der Waals surface area (Å²) >= 11 is 0. The number of halogens is 1. The zero-order valence-electron chi connectivity index (χ0n) is 15.7. The molecule has 0 aliphatic rings. The van der Waals surface area contributed by atoms with E-state index < -0.39 is 5.91 Å². The van der Waals surface area contributed by atoms with E-state index >= 15 is 0 Å². The number of nitrogen functional groups attached to an aromatic ring is 1. The maximum atomic E-state index is 13.0. The van der Waals surface area contributed by atoms with Crippen LogP contribution in [0.4, 0.5) is 10.2 Å². The molecule has 0 aliphatic carbocycles. The third kappa shape index (κ3) is 3.76. The first-order valence-corrected chi connectivity index (χ1v) is 8.73. The molecule has 0 bridgehead atoms. The topological polar surface area (TPSA) is 137 Å². The summed E-state index contributed by atoms with van der Waals surface area (Å²) in [4.78, 5) is 12.7. The number of rotatable bonds is 5. The second kappa shape index (κ2) is 7.91. The minimum atomic E-state index is -0.606. The molecule has 0 saturated heterocycles.